The number of methoxy groups -OCH3 is 1. The van der Waals surface area contributed by atoms with E-state index in [2.05, 4.69) is 5.32 Å². The highest BCUT2D eigenvalue weighted by Crippen LogP contribution is 2.25. The number of halogens is 1. The Bertz CT molecular complexity index is 502. The predicted octanol–water partition coefficient (Wildman–Crippen LogP) is 2.07. The van der Waals surface area contributed by atoms with Crippen molar-refractivity contribution in [2.45, 2.75) is 19.9 Å². The van der Waals surface area contributed by atoms with Crippen LogP contribution in [0.5, 0.6) is 5.75 Å². The van der Waals surface area contributed by atoms with Gasteiger partial charge in [0.2, 0.25) is 0 Å². The van der Waals surface area contributed by atoms with E-state index in [9.17, 15) is 12.8 Å². The number of anilines is 1. The normalized spacial score (nSPS) is 13.1. The lowest BCUT2D eigenvalue weighted by Gasteiger charge is -2.17. The largest absolute Gasteiger partial charge is 0.494 e. The monoisotopic (exact) mass is 275 g/mol. The van der Waals surface area contributed by atoms with Crippen LogP contribution in [0.15, 0.2) is 18.2 Å². The molecule has 1 unspecified atom stereocenters. The van der Waals surface area contributed by atoms with Crippen molar-refractivity contribution < 1.29 is 17.5 Å². The zero-order valence-electron chi connectivity index (χ0n) is 10.7. The first-order valence-corrected chi connectivity index (χ1v) is 7.50. The van der Waals surface area contributed by atoms with Crippen LogP contribution in [0.4, 0.5) is 10.1 Å². The number of sulfone groups is 1. The molecule has 0 aliphatic carbocycles. The van der Waals surface area contributed by atoms with Gasteiger partial charge in [-0.1, -0.05) is 6.92 Å². The highest BCUT2D eigenvalue weighted by Gasteiger charge is 2.15. The molecule has 18 heavy (non-hydrogen) atoms. The van der Waals surface area contributed by atoms with Gasteiger partial charge < -0.3 is 10.1 Å². The van der Waals surface area contributed by atoms with Crippen molar-refractivity contribution in [2.24, 2.45) is 0 Å². The minimum atomic E-state index is -3.04. The summed E-state index contributed by atoms with van der Waals surface area (Å²) < 4.78 is 41.0. The van der Waals surface area contributed by atoms with E-state index in [4.69, 9.17) is 4.74 Å². The molecular weight excluding hydrogens is 257 g/mol. The Morgan fingerprint density at radius 1 is 1.44 bits per heavy atom. The Labute approximate surface area is 107 Å². The number of hydrogen-bond acceptors (Lipinski definition) is 4. The summed E-state index contributed by atoms with van der Waals surface area (Å²) in [5.74, 6) is 0.103. The average Bonchev–Trinajstić information content (AvgIpc) is 2.30. The Kier molecular flexibility index (Phi) is 4.95. The van der Waals surface area contributed by atoms with Crippen LogP contribution in [0.25, 0.3) is 0 Å². The van der Waals surface area contributed by atoms with Gasteiger partial charge >= 0.3 is 0 Å². The summed E-state index contributed by atoms with van der Waals surface area (Å²) in [6.07, 6.45) is 0. The molecule has 0 aromatic heterocycles. The summed E-state index contributed by atoms with van der Waals surface area (Å²) in [6.45, 7) is 3.37. The maximum absolute atomic E-state index is 13.0. The standard InChI is InChI=1S/C12H18FNO3S/c1-4-18(15,16)8-9(2)14-11-6-5-10(13)7-12(11)17-3/h5-7,9,14H,4,8H2,1-3H3. The molecule has 0 radical (unpaired) electrons. The van der Waals surface area contributed by atoms with Crippen molar-refractivity contribution in [1.82, 2.24) is 0 Å². The molecule has 0 aliphatic rings. The van der Waals surface area contributed by atoms with Gasteiger partial charge in [-0.15, -0.1) is 0 Å². The van der Waals surface area contributed by atoms with Gasteiger partial charge in [-0.3, -0.25) is 0 Å². The second kappa shape index (κ2) is 6.04. The van der Waals surface area contributed by atoms with Gasteiger partial charge in [-0.05, 0) is 19.1 Å². The lowest BCUT2D eigenvalue weighted by Crippen LogP contribution is -2.26. The number of hydrogen-bond donors (Lipinski definition) is 1. The molecule has 0 bridgehead atoms. The summed E-state index contributed by atoms with van der Waals surface area (Å²) in [5, 5.41) is 3.01. The fourth-order valence-electron chi connectivity index (χ4n) is 1.59. The van der Waals surface area contributed by atoms with E-state index in [0.29, 0.717) is 11.4 Å². The first-order valence-electron chi connectivity index (χ1n) is 5.68. The quantitative estimate of drug-likeness (QED) is 0.863. The summed E-state index contributed by atoms with van der Waals surface area (Å²) in [6, 6.07) is 3.81. The third-order valence-electron chi connectivity index (χ3n) is 2.51. The summed E-state index contributed by atoms with van der Waals surface area (Å²) in [5.41, 5.74) is 0.581. The lowest BCUT2D eigenvalue weighted by atomic mass is 10.2. The molecular formula is C12H18FNO3S. The molecule has 0 saturated carbocycles. The van der Waals surface area contributed by atoms with E-state index in [1.807, 2.05) is 0 Å². The van der Waals surface area contributed by atoms with Gasteiger partial charge in [-0.25, -0.2) is 12.8 Å². The Morgan fingerprint density at radius 2 is 2.11 bits per heavy atom. The van der Waals surface area contributed by atoms with Crippen LogP contribution in [-0.4, -0.2) is 33.1 Å². The minimum Gasteiger partial charge on any atom is -0.494 e. The van der Waals surface area contributed by atoms with Crippen molar-refractivity contribution in [1.29, 1.82) is 0 Å². The van der Waals surface area contributed by atoms with E-state index in [0.717, 1.165) is 0 Å². The molecule has 1 aromatic rings. The predicted molar refractivity (Wildman–Crippen MR) is 70.4 cm³/mol. The number of ether oxygens (including phenoxy) is 1. The molecule has 1 atom stereocenters. The van der Waals surface area contributed by atoms with E-state index < -0.39 is 15.7 Å². The SMILES string of the molecule is CCS(=O)(=O)CC(C)Nc1ccc(F)cc1OC. The summed E-state index contributed by atoms with van der Waals surface area (Å²) in [7, 11) is -1.61. The van der Waals surface area contributed by atoms with Crippen LogP contribution in [0.1, 0.15) is 13.8 Å². The third-order valence-corrected chi connectivity index (χ3v) is 4.40. The van der Waals surface area contributed by atoms with Crippen LogP contribution in [0.3, 0.4) is 0 Å². The van der Waals surface area contributed by atoms with E-state index >= 15 is 0 Å². The topological polar surface area (TPSA) is 55.4 Å². The van der Waals surface area contributed by atoms with Crippen LogP contribution in [0, 0.1) is 5.82 Å². The second-order valence-electron chi connectivity index (χ2n) is 4.09. The molecule has 1 aromatic carbocycles. The first kappa shape index (κ1) is 14.8. The zero-order valence-corrected chi connectivity index (χ0v) is 11.6. The maximum Gasteiger partial charge on any atom is 0.152 e. The fourth-order valence-corrected chi connectivity index (χ4v) is 2.67. The van der Waals surface area contributed by atoms with Crippen molar-refractivity contribution in [3.05, 3.63) is 24.0 Å². The Morgan fingerprint density at radius 3 is 2.67 bits per heavy atom. The second-order valence-corrected chi connectivity index (χ2v) is 6.49. The van der Waals surface area contributed by atoms with Crippen molar-refractivity contribution >= 4 is 15.5 Å². The van der Waals surface area contributed by atoms with Crippen LogP contribution >= 0.6 is 0 Å². The van der Waals surface area contributed by atoms with E-state index in [1.54, 1.807) is 13.8 Å². The molecule has 1 rings (SSSR count). The molecule has 1 N–H and O–H groups in total. The van der Waals surface area contributed by atoms with Crippen molar-refractivity contribution in [3.63, 3.8) is 0 Å². The minimum absolute atomic E-state index is 0.0318. The maximum atomic E-state index is 13.0. The van der Waals surface area contributed by atoms with Gasteiger partial charge in [0, 0.05) is 17.9 Å². The average molecular weight is 275 g/mol. The molecule has 0 amide bonds. The highest BCUT2D eigenvalue weighted by molar-refractivity contribution is 7.91. The van der Waals surface area contributed by atoms with Gasteiger partial charge in [0.25, 0.3) is 0 Å². The van der Waals surface area contributed by atoms with Crippen LogP contribution < -0.4 is 10.1 Å². The zero-order chi connectivity index (χ0) is 13.8. The smallest absolute Gasteiger partial charge is 0.152 e. The van der Waals surface area contributed by atoms with Crippen LogP contribution in [-0.2, 0) is 9.84 Å². The number of benzene rings is 1. The molecule has 0 fully saturated rings. The van der Waals surface area contributed by atoms with Gasteiger partial charge in [-0.2, -0.15) is 0 Å². The summed E-state index contributed by atoms with van der Waals surface area (Å²) >= 11 is 0. The molecule has 0 saturated heterocycles. The first-order chi connectivity index (χ1) is 8.38. The molecule has 0 heterocycles. The molecule has 6 heteroatoms. The van der Waals surface area contributed by atoms with Crippen molar-refractivity contribution in [3.8, 4) is 5.75 Å². The molecule has 102 valence electrons. The van der Waals surface area contributed by atoms with E-state index in [1.165, 1.54) is 25.3 Å². The van der Waals surface area contributed by atoms with Gasteiger partial charge in [0.15, 0.2) is 9.84 Å². The van der Waals surface area contributed by atoms with Crippen LogP contribution in [0.2, 0.25) is 0 Å². The molecule has 0 spiro atoms. The van der Waals surface area contributed by atoms with Gasteiger partial charge in [0.05, 0.1) is 18.6 Å². The Balaban J connectivity index is 2.79. The Hall–Kier alpha value is -1.30. The highest BCUT2D eigenvalue weighted by atomic mass is 32.2. The van der Waals surface area contributed by atoms with Gasteiger partial charge in [0.1, 0.15) is 11.6 Å². The lowest BCUT2D eigenvalue weighted by molar-refractivity contribution is 0.412. The molecule has 4 nitrogen and oxygen atoms in total. The fraction of sp³-hybridized carbons (Fsp3) is 0.500. The number of nitrogens with one attached hydrogen (secondary N) is 1. The third kappa shape index (κ3) is 4.18. The van der Waals surface area contributed by atoms with E-state index in [-0.39, 0.29) is 17.5 Å². The van der Waals surface area contributed by atoms with Crippen molar-refractivity contribution in [2.75, 3.05) is 23.9 Å². The molecule has 0 aliphatic heterocycles. The number of rotatable bonds is 6. The summed E-state index contributed by atoms with van der Waals surface area (Å²) in [4.78, 5) is 0.